The Morgan fingerprint density at radius 2 is 2.04 bits per heavy atom. The normalized spacial score (nSPS) is 11.4. The topological polar surface area (TPSA) is 119 Å². The number of rotatable bonds is 6. The van der Waals surface area contributed by atoms with E-state index in [1.807, 2.05) is 4.98 Å². The minimum atomic E-state index is -1.07. The molecule has 1 amide bonds. The summed E-state index contributed by atoms with van der Waals surface area (Å²) in [4.78, 5) is 48.4. The highest BCUT2D eigenvalue weighted by molar-refractivity contribution is 5.95. The van der Waals surface area contributed by atoms with E-state index in [-0.39, 0.29) is 0 Å². The van der Waals surface area contributed by atoms with Crippen molar-refractivity contribution in [2.24, 2.45) is 0 Å². The van der Waals surface area contributed by atoms with Crippen molar-refractivity contribution >= 4 is 17.6 Å². The van der Waals surface area contributed by atoms with Crippen LogP contribution in [0.3, 0.4) is 0 Å². The van der Waals surface area contributed by atoms with Gasteiger partial charge in [0.05, 0.1) is 7.11 Å². The van der Waals surface area contributed by atoms with Gasteiger partial charge in [0.1, 0.15) is 12.3 Å². The van der Waals surface area contributed by atoms with Crippen LogP contribution in [0.4, 0.5) is 5.69 Å². The molecule has 0 aliphatic rings. The average Bonchev–Trinajstić information content (AvgIpc) is 2.57. The molecule has 1 atom stereocenters. The number of carbonyl (C=O) groups is 2. The Hall–Kier alpha value is -3.36. The minimum Gasteiger partial charge on any atom is -0.497 e. The lowest BCUT2D eigenvalue weighted by Crippen LogP contribution is -2.34. The number of amides is 1. The summed E-state index contributed by atoms with van der Waals surface area (Å²) in [6.45, 7) is 0.982. The number of hydrogen-bond acceptors (Lipinski definition) is 6. The second-order valence-electron chi connectivity index (χ2n) is 5.09. The number of hydrogen-bond donors (Lipinski definition) is 2. The lowest BCUT2D eigenvalue weighted by Gasteiger charge is -2.14. The number of aromatic amines is 1. The summed E-state index contributed by atoms with van der Waals surface area (Å²) in [6.07, 6.45) is 0.0980. The summed E-state index contributed by atoms with van der Waals surface area (Å²) in [5, 5.41) is 2.59. The molecule has 0 fully saturated rings. The first kappa shape index (κ1) is 18.0. The van der Waals surface area contributed by atoms with Gasteiger partial charge in [0, 0.05) is 24.0 Å². The van der Waals surface area contributed by atoms with E-state index in [1.165, 1.54) is 20.2 Å². The maximum atomic E-state index is 12.1. The van der Waals surface area contributed by atoms with E-state index in [9.17, 15) is 19.2 Å². The number of methoxy groups -OCH3 is 1. The van der Waals surface area contributed by atoms with Gasteiger partial charge in [-0.2, -0.15) is 0 Å². The number of nitrogens with zero attached hydrogens (tertiary/aromatic N) is 1. The van der Waals surface area contributed by atoms with Gasteiger partial charge in [-0.1, -0.05) is 6.07 Å². The van der Waals surface area contributed by atoms with Gasteiger partial charge in [-0.15, -0.1) is 0 Å². The van der Waals surface area contributed by atoms with Crippen LogP contribution in [-0.2, 0) is 20.9 Å². The molecule has 132 valence electrons. The molecule has 0 saturated heterocycles. The molecule has 1 heterocycles. The van der Waals surface area contributed by atoms with Crippen LogP contribution in [0.5, 0.6) is 5.75 Å². The van der Waals surface area contributed by atoms with E-state index in [0.717, 1.165) is 10.6 Å². The summed E-state index contributed by atoms with van der Waals surface area (Å²) >= 11 is 0. The predicted molar refractivity (Wildman–Crippen MR) is 88.5 cm³/mol. The number of benzene rings is 1. The molecule has 2 N–H and O–H groups in total. The molecular formula is C16H17N3O6. The Balaban J connectivity index is 1.94. The predicted octanol–water partition coefficient (Wildman–Crippen LogP) is 0.116. The van der Waals surface area contributed by atoms with E-state index in [2.05, 4.69) is 5.32 Å². The third kappa shape index (κ3) is 5.06. The molecule has 0 radical (unpaired) electrons. The Morgan fingerprint density at radius 3 is 2.72 bits per heavy atom. The second-order valence-corrected chi connectivity index (χ2v) is 5.09. The smallest absolute Gasteiger partial charge is 0.328 e. The lowest BCUT2D eigenvalue weighted by atomic mass is 10.3. The summed E-state index contributed by atoms with van der Waals surface area (Å²) < 4.78 is 11.0. The van der Waals surface area contributed by atoms with Crippen molar-refractivity contribution in [3.63, 3.8) is 0 Å². The Labute approximate surface area is 142 Å². The first-order chi connectivity index (χ1) is 11.9. The fourth-order valence-electron chi connectivity index (χ4n) is 1.94. The van der Waals surface area contributed by atoms with Crippen molar-refractivity contribution in [1.29, 1.82) is 0 Å². The first-order valence-corrected chi connectivity index (χ1v) is 7.33. The number of anilines is 1. The molecule has 0 aliphatic heterocycles. The zero-order chi connectivity index (χ0) is 18.4. The standard InChI is InChI=1S/C16H17N3O6/c1-10(15(22)17-11-4-3-5-12(8-11)24-2)25-14(21)9-19-7-6-13(20)18-16(19)23/h3-8,10H,9H2,1-2H3,(H,17,22)(H,18,20,23)/t10-/m0/s1. The highest BCUT2D eigenvalue weighted by atomic mass is 16.5. The molecule has 2 aromatic rings. The van der Waals surface area contributed by atoms with Crippen LogP contribution in [0, 0.1) is 0 Å². The van der Waals surface area contributed by atoms with Gasteiger partial charge in [-0.3, -0.25) is 23.9 Å². The van der Waals surface area contributed by atoms with E-state index < -0.39 is 35.8 Å². The summed E-state index contributed by atoms with van der Waals surface area (Å²) in [5.74, 6) is -0.752. The van der Waals surface area contributed by atoms with Crippen LogP contribution in [-0.4, -0.2) is 34.6 Å². The molecule has 0 saturated carbocycles. The van der Waals surface area contributed by atoms with Gasteiger partial charge in [-0.25, -0.2) is 4.79 Å². The maximum Gasteiger partial charge on any atom is 0.328 e. The van der Waals surface area contributed by atoms with Crippen molar-refractivity contribution in [3.05, 3.63) is 57.4 Å². The Kier molecular flexibility index (Phi) is 5.72. The Bertz CT molecular complexity index is 886. The van der Waals surface area contributed by atoms with Gasteiger partial charge < -0.3 is 14.8 Å². The van der Waals surface area contributed by atoms with Crippen LogP contribution >= 0.6 is 0 Å². The zero-order valence-electron chi connectivity index (χ0n) is 13.6. The fourth-order valence-corrected chi connectivity index (χ4v) is 1.94. The van der Waals surface area contributed by atoms with Crippen LogP contribution in [0.15, 0.2) is 46.1 Å². The quantitative estimate of drug-likeness (QED) is 0.716. The summed E-state index contributed by atoms with van der Waals surface area (Å²) in [6, 6.07) is 7.81. The lowest BCUT2D eigenvalue weighted by molar-refractivity contribution is -0.153. The number of esters is 1. The molecular weight excluding hydrogens is 330 g/mol. The first-order valence-electron chi connectivity index (χ1n) is 7.33. The van der Waals surface area contributed by atoms with Gasteiger partial charge in [-0.05, 0) is 19.1 Å². The Morgan fingerprint density at radius 1 is 1.28 bits per heavy atom. The molecule has 0 aliphatic carbocycles. The SMILES string of the molecule is COc1cccc(NC(=O)[C@H](C)OC(=O)Cn2ccc(=O)[nH]c2=O)c1. The monoisotopic (exact) mass is 347 g/mol. The van der Waals surface area contributed by atoms with Crippen LogP contribution in [0.1, 0.15) is 6.92 Å². The number of aromatic nitrogens is 2. The highest BCUT2D eigenvalue weighted by Gasteiger charge is 2.18. The number of H-pyrrole nitrogens is 1. The van der Waals surface area contributed by atoms with E-state index >= 15 is 0 Å². The van der Waals surface area contributed by atoms with E-state index in [4.69, 9.17) is 9.47 Å². The molecule has 0 unspecified atom stereocenters. The van der Waals surface area contributed by atoms with Crippen molar-refractivity contribution < 1.29 is 19.1 Å². The number of carbonyl (C=O) groups excluding carboxylic acids is 2. The average molecular weight is 347 g/mol. The van der Waals surface area contributed by atoms with Crippen LogP contribution in [0.2, 0.25) is 0 Å². The number of nitrogens with one attached hydrogen (secondary N) is 2. The largest absolute Gasteiger partial charge is 0.497 e. The van der Waals surface area contributed by atoms with E-state index in [0.29, 0.717) is 11.4 Å². The van der Waals surface area contributed by atoms with Gasteiger partial charge >= 0.3 is 11.7 Å². The molecule has 1 aromatic heterocycles. The number of ether oxygens (including phenoxy) is 2. The summed E-state index contributed by atoms with van der Waals surface area (Å²) in [5.41, 5.74) is -0.817. The van der Waals surface area contributed by atoms with Gasteiger partial charge in [0.25, 0.3) is 11.5 Å². The third-order valence-electron chi connectivity index (χ3n) is 3.21. The minimum absolute atomic E-state index is 0.424. The van der Waals surface area contributed by atoms with Crippen molar-refractivity contribution in [2.75, 3.05) is 12.4 Å². The second kappa shape index (κ2) is 7.95. The van der Waals surface area contributed by atoms with Gasteiger partial charge in [0.2, 0.25) is 0 Å². The molecule has 2 rings (SSSR count). The van der Waals surface area contributed by atoms with Crippen LogP contribution < -0.4 is 21.3 Å². The van der Waals surface area contributed by atoms with Crippen molar-refractivity contribution in [1.82, 2.24) is 9.55 Å². The van der Waals surface area contributed by atoms with Crippen LogP contribution in [0.25, 0.3) is 0 Å². The summed E-state index contributed by atoms with van der Waals surface area (Å²) in [7, 11) is 1.50. The molecule has 0 bridgehead atoms. The zero-order valence-corrected chi connectivity index (χ0v) is 13.6. The third-order valence-corrected chi connectivity index (χ3v) is 3.21. The fraction of sp³-hybridized carbons (Fsp3) is 0.250. The highest BCUT2D eigenvalue weighted by Crippen LogP contribution is 2.17. The van der Waals surface area contributed by atoms with Crippen molar-refractivity contribution in [3.8, 4) is 5.75 Å². The maximum absolute atomic E-state index is 12.1. The van der Waals surface area contributed by atoms with Gasteiger partial charge in [0.15, 0.2) is 6.10 Å². The molecule has 9 nitrogen and oxygen atoms in total. The molecule has 9 heteroatoms. The van der Waals surface area contributed by atoms with E-state index in [1.54, 1.807) is 24.3 Å². The molecule has 0 spiro atoms. The molecule has 25 heavy (non-hydrogen) atoms. The van der Waals surface area contributed by atoms with Crippen molar-refractivity contribution in [2.45, 2.75) is 19.6 Å². The molecule has 1 aromatic carbocycles.